The Hall–Kier alpha value is -0.570. The van der Waals surface area contributed by atoms with Crippen molar-refractivity contribution in [2.24, 2.45) is 11.3 Å². The molecule has 1 aliphatic carbocycles. The molecule has 1 fully saturated rings. The summed E-state index contributed by atoms with van der Waals surface area (Å²) in [6.45, 7) is 5.25. The molecule has 1 saturated carbocycles. The monoisotopic (exact) mass is 270 g/mol. The first-order valence-electron chi connectivity index (χ1n) is 7.87. The highest BCUT2D eigenvalue weighted by atomic mass is 16.5. The van der Waals surface area contributed by atoms with Crippen molar-refractivity contribution in [1.82, 2.24) is 0 Å². The molecule has 0 N–H and O–H groups in total. The molecular formula is C16H30O3. The lowest BCUT2D eigenvalue weighted by Gasteiger charge is -2.39. The van der Waals surface area contributed by atoms with Crippen LogP contribution in [-0.2, 0) is 14.3 Å². The predicted octanol–water partition coefficient (Wildman–Crippen LogP) is 3.95. The van der Waals surface area contributed by atoms with E-state index in [1.54, 1.807) is 7.11 Å². The van der Waals surface area contributed by atoms with E-state index in [0.29, 0.717) is 19.1 Å². The van der Waals surface area contributed by atoms with E-state index in [9.17, 15) is 4.79 Å². The lowest BCUT2D eigenvalue weighted by atomic mass is 9.67. The smallest absolute Gasteiger partial charge is 0.314 e. The van der Waals surface area contributed by atoms with Crippen LogP contribution in [0, 0.1) is 11.3 Å². The zero-order valence-electron chi connectivity index (χ0n) is 12.9. The highest BCUT2D eigenvalue weighted by Gasteiger charge is 2.45. The molecule has 19 heavy (non-hydrogen) atoms. The minimum atomic E-state index is -0.414. The van der Waals surface area contributed by atoms with Crippen molar-refractivity contribution in [3.63, 3.8) is 0 Å². The number of rotatable bonds is 8. The summed E-state index contributed by atoms with van der Waals surface area (Å²) in [5.74, 6) is 0.400. The van der Waals surface area contributed by atoms with Crippen molar-refractivity contribution in [2.45, 2.75) is 65.2 Å². The summed E-state index contributed by atoms with van der Waals surface area (Å²) in [5.41, 5.74) is -0.414. The van der Waals surface area contributed by atoms with Crippen LogP contribution in [0.15, 0.2) is 0 Å². The van der Waals surface area contributed by atoms with Crippen molar-refractivity contribution < 1.29 is 14.3 Å². The van der Waals surface area contributed by atoms with Crippen LogP contribution in [0.3, 0.4) is 0 Å². The van der Waals surface area contributed by atoms with E-state index < -0.39 is 5.41 Å². The number of esters is 1. The van der Waals surface area contributed by atoms with Crippen LogP contribution < -0.4 is 0 Å². The average Bonchev–Trinajstić information content (AvgIpc) is 2.46. The van der Waals surface area contributed by atoms with Gasteiger partial charge in [-0.25, -0.2) is 0 Å². The van der Waals surface area contributed by atoms with E-state index in [2.05, 4.69) is 13.8 Å². The number of hydrogen-bond donors (Lipinski definition) is 0. The second kappa shape index (κ2) is 8.57. The van der Waals surface area contributed by atoms with E-state index in [0.717, 1.165) is 32.1 Å². The van der Waals surface area contributed by atoms with Gasteiger partial charge < -0.3 is 9.47 Å². The molecule has 1 aliphatic rings. The summed E-state index contributed by atoms with van der Waals surface area (Å²) in [6.07, 6.45) is 8.87. The van der Waals surface area contributed by atoms with Gasteiger partial charge in [0.05, 0.1) is 18.6 Å². The van der Waals surface area contributed by atoms with E-state index >= 15 is 0 Å². The highest BCUT2D eigenvalue weighted by Crippen LogP contribution is 2.42. The number of unbranched alkanes of at least 4 members (excludes halogenated alkanes) is 1. The fourth-order valence-electron chi connectivity index (χ4n) is 3.24. The molecule has 0 amide bonds. The molecule has 0 aromatic carbocycles. The van der Waals surface area contributed by atoms with Crippen LogP contribution >= 0.6 is 0 Å². The minimum Gasteiger partial charge on any atom is -0.465 e. The van der Waals surface area contributed by atoms with Gasteiger partial charge in [0, 0.05) is 7.11 Å². The van der Waals surface area contributed by atoms with E-state index in [1.165, 1.54) is 19.3 Å². The Balaban J connectivity index is 2.74. The molecule has 3 heteroatoms. The molecule has 1 atom stereocenters. The Morgan fingerprint density at radius 1 is 1.21 bits per heavy atom. The molecule has 0 heterocycles. The third-order valence-corrected chi connectivity index (χ3v) is 4.56. The fourth-order valence-corrected chi connectivity index (χ4v) is 3.24. The number of carbonyl (C=O) groups excluding carboxylic acids is 1. The quantitative estimate of drug-likeness (QED) is 0.495. The number of hydrogen-bond acceptors (Lipinski definition) is 3. The second-order valence-corrected chi connectivity index (χ2v) is 5.77. The molecule has 0 aliphatic heterocycles. The van der Waals surface area contributed by atoms with E-state index in [-0.39, 0.29) is 5.97 Å². The normalized spacial score (nSPS) is 19.9. The Morgan fingerprint density at radius 2 is 1.89 bits per heavy atom. The first kappa shape index (κ1) is 16.5. The molecule has 0 radical (unpaired) electrons. The Kier molecular flexibility index (Phi) is 7.44. The van der Waals surface area contributed by atoms with Crippen molar-refractivity contribution in [3.8, 4) is 0 Å². The molecule has 0 saturated heterocycles. The third-order valence-electron chi connectivity index (χ3n) is 4.56. The van der Waals surface area contributed by atoms with Gasteiger partial charge in [-0.1, -0.05) is 39.5 Å². The standard InChI is InChI=1S/C16H30O3/c1-4-6-12-19-15(17)16(5-2,13-18-3)14-10-8-7-9-11-14/h14H,4-13H2,1-3H3. The molecule has 3 nitrogen and oxygen atoms in total. The molecule has 112 valence electrons. The molecule has 0 aromatic rings. The van der Waals surface area contributed by atoms with Gasteiger partial charge in [-0.3, -0.25) is 4.79 Å². The van der Waals surface area contributed by atoms with E-state index in [4.69, 9.17) is 9.47 Å². The zero-order chi connectivity index (χ0) is 14.1. The maximum Gasteiger partial charge on any atom is 0.314 e. The van der Waals surface area contributed by atoms with Gasteiger partial charge in [0.25, 0.3) is 0 Å². The van der Waals surface area contributed by atoms with Crippen molar-refractivity contribution >= 4 is 5.97 Å². The van der Waals surface area contributed by atoms with Gasteiger partial charge in [-0.05, 0) is 31.6 Å². The molecule has 1 rings (SSSR count). The van der Waals surface area contributed by atoms with Crippen LogP contribution in [-0.4, -0.2) is 26.3 Å². The Morgan fingerprint density at radius 3 is 2.42 bits per heavy atom. The Labute approximate surface area is 118 Å². The predicted molar refractivity (Wildman–Crippen MR) is 77.0 cm³/mol. The van der Waals surface area contributed by atoms with Crippen LogP contribution in [0.25, 0.3) is 0 Å². The third kappa shape index (κ3) is 4.20. The number of carbonyl (C=O) groups is 1. The second-order valence-electron chi connectivity index (χ2n) is 5.77. The summed E-state index contributed by atoms with van der Waals surface area (Å²) in [4.78, 5) is 12.6. The minimum absolute atomic E-state index is 0.0304. The highest BCUT2D eigenvalue weighted by molar-refractivity contribution is 5.77. The number of ether oxygens (including phenoxy) is 2. The first-order valence-corrected chi connectivity index (χ1v) is 7.87. The van der Waals surface area contributed by atoms with Gasteiger partial charge >= 0.3 is 5.97 Å². The fraction of sp³-hybridized carbons (Fsp3) is 0.938. The molecule has 0 bridgehead atoms. The van der Waals surface area contributed by atoms with Gasteiger partial charge in [0.1, 0.15) is 0 Å². The van der Waals surface area contributed by atoms with Crippen molar-refractivity contribution in [1.29, 1.82) is 0 Å². The lowest BCUT2D eigenvalue weighted by Crippen LogP contribution is -2.44. The van der Waals surface area contributed by atoms with Crippen LogP contribution in [0.2, 0.25) is 0 Å². The average molecular weight is 270 g/mol. The summed E-state index contributed by atoms with van der Waals surface area (Å²) in [7, 11) is 1.69. The van der Waals surface area contributed by atoms with Gasteiger partial charge in [-0.2, -0.15) is 0 Å². The summed E-state index contributed by atoms with van der Waals surface area (Å²) >= 11 is 0. The Bertz CT molecular complexity index is 259. The maximum atomic E-state index is 12.6. The van der Waals surface area contributed by atoms with Crippen molar-refractivity contribution in [2.75, 3.05) is 20.3 Å². The molecule has 0 spiro atoms. The molecular weight excluding hydrogens is 240 g/mol. The van der Waals surface area contributed by atoms with Crippen LogP contribution in [0.4, 0.5) is 0 Å². The van der Waals surface area contributed by atoms with Crippen LogP contribution in [0.1, 0.15) is 65.2 Å². The molecule has 0 aromatic heterocycles. The largest absolute Gasteiger partial charge is 0.465 e. The topological polar surface area (TPSA) is 35.5 Å². The first-order chi connectivity index (χ1) is 9.21. The van der Waals surface area contributed by atoms with Gasteiger partial charge in [-0.15, -0.1) is 0 Å². The van der Waals surface area contributed by atoms with Gasteiger partial charge in [0.15, 0.2) is 0 Å². The lowest BCUT2D eigenvalue weighted by molar-refractivity contribution is -0.166. The summed E-state index contributed by atoms with van der Waals surface area (Å²) < 4.78 is 10.9. The van der Waals surface area contributed by atoms with E-state index in [1.807, 2.05) is 0 Å². The van der Waals surface area contributed by atoms with Crippen molar-refractivity contribution in [3.05, 3.63) is 0 Å². The SMILES string of the molecule is CCCCOC(=O)C(CC)(COC)C1CCCCC1. The summed E-state index contributed by atoms with van der Waals surface area (Å²) in [5, 5.41) is 0. The molecule has 1 unspecified atom stereocenters. The number of methoxy groups -OCH3 is 1. The summed E-state index contributed by atoms with van der Waals surface area (Å²) in [6, 6.07) is 0. The van der Waals surface area contributed by atoms with Gasteiger partial charge in [0.2, 0.25) is 0 Å². The van der Waals surface area contributed by atoms with Crippen LogP contribution in [0.5, 0.6) is 0 Å². The zero-order valence-corrected chi connectivity index (χ0v) is 12.9. The maximum absolute atomic E-state index is 12.6.